The summed E-state index contributed by atoms with van der Waals surface area (Å²) in [6.45, 7) is 3.16. The minimum atomic E-state index is -0.0998. The van der Waals surface area contributed by atoms with Crippen LogP contribution in [0.5, 0.6) is 0 Å². The summed E-state index contributed by atoms with van der Waals surface area (Å²) in [6, 6.07) is 9.75. The van der Waals surface area contributed by atoms with Crippen molar-refractivity contribution in [1.29, 1.82) is 0 Å². The third kappa shape index (κ3) is 2.76. The molecule has 1 aliphatic rings. The lowest BCUT2D eigenvalue weighted by Gasteiger charge is -2.30. The van der Waals surface area contributed by atoms with Crippen LogP contribution in [-0.4, -0.2) is 49.9 Å². The van der Waals surface area contributed by atoms with Crippen molar-refractivity contribution < 1.29 is 4.79 Å². The molecule has 128 valence electrons. The van der Waals surface area contributed by atoms with Gasteiger partial charge in [0.1, 0.15) is 0 Å². The molecule has 0 aliphatic carbocycles. The molecule has 0 saturated carbocycles. The number of piperidine rings is 1. The van der Waals surface area contributed by atoms with E-state index < -0.39 is 0 Å². The van der Waals surface area contributed by atoms with Crippen LogP contribution in [0.2, 0.25) is 0 Å². The molecule has 1 saturated heterocycles. The molecule has 1 unspecified atom stereocenters. The molecule has 0 spiro atoms. The molecule has 1 atom stereocenters. The summed E-state index contributed by atoms with van der Waals surface area (Å²) in [4.78, 5) is 19.0. The molecule has 1 fully saturated rings. The van der Waals surface area contributed by atoms with E-state index in [1.165, 1.54) is 0 Å². The lowest BCUT2D eigenvalue weighted by molar-refractivity contribution is 0.0702. The Morgan fingerprint density at radius 2 is 2.16 bits per heavy atom. The number of likely N-dealkylation sites (tertiary alicyclic amines) is 1. The summed E-state index contributed by atoms with van der Waals surface area (Å²) < 4.78 is 1.71. The van der Waals surface area contributed by atoms with Crippen LogP contribution in [0, 0.1) is 6.92 Å². The van der Waals surface area contributed by atoms with Crippen LogP contribution in [0.25, 0.3) is 16.6 Å². The zero-order chi connectivity index (χ0) is 17.4. The van der Waals surface area contributed by atoms with E-state index >= 15 is 0 Å². The van der Waals surface area contributed by atoms with E-state index in [0.29, 0.717) is 12.2 Å². The highest BCUT2D eigenvalue weighted by Crippen LogP contribution is 2.22. The second-order valence-corrected chi connectivity index (χ2v) is 6.44. The van der Waals surface area contributed by atoms with Crippen LogP contribution in [0.3, 0.4) is 0 Å². The molecular weight excluding hydrogens is 316 g/mol. The van der Waals surface area contributed by atoms with Crippen molar-refractivity contribution in [2.45, 2.75) is 25.8 Å². The molecule has 0 radical (unpaired) electrons. The first-order valence-corrected chi connectivity index (χ1v) is 8.46. The summed E-state index contributed by atoms with van der Waals surface area (Å²) in [6.07, 6.45) is 3.64. The summed E-state index contributed by atoms with van der Waals surface area (Å²) in [7, 11) is 0. The van der Waals surface area contributed by atoms with E-state index in [2.05, 4.69) is 15.3 Å². The molecule has 2 N–H and O–H groups in total. The van der Waals surface area contributed by atoms with E-state index in [1.807, 2.05) is 37.3 Å². The van der Waals surface area contributed by atoms with E-state index in [1.54, 1.807) is 15.8 Å². The van der Waals surface area contributed by atoms with Crippen LogP contribution in [0.1, 0.15) is 29.0 Å². The standard InChI is InChI=1S/C18H20N6O/c1-12-17(18(25)23-10-4-5-13(19)11-23)21-22-24(12)16-8-2-7-15-14(16)6-3-9-20-15/h2-3,6-9,13H,4-5,10-11,19H2,1H3. The first-order valence-electron chi connectivity index (χ1n) is 8.46. The molecule has 1 amide bonds. The summed E-state index contributed by atoms with van der Waals surface area (Å²) in [5.41, 5.74) is 8.85. The normalized spacial score (nSPS) is 17.8. The van der Waals surface area contributed by atoms with Crippen LogP contribution >= 0.6 is 0 Å². The van der Waals surface area contributed by atoms with Gasteiger partial charge in [-0.1, -0.05) is 11.3 Å². The number of carbonyl (C=O) groups is 1. The van der Waals surface area contributed by atoms with Crippen molar-refractivity contribution in [3.05, 3.63) is 47.9 Å². The molecule has 3 heterocycles. The molecule has 25 heavy (non-hydrogen) atoms. The molecule has 2 aromatic heterocycles. The molecule has 7 nitrogen and oxygen atoms in total. The largest absolute Gasteiger partial charge is 0.336 e. The van der Waals surface area contributed by atoms with Gasteiger partial charge in [-0.3, -0.25) is 9.78 Å². The summed E-state index contributed by atoms with van der Waals surface area (Å²) >= 11 is 0. The maximum absolute atomic E-state index is 12.8. The number of benzene rings is 1. The number of nitrogens with two attached hydrogens (primary N) is 1. The molecule has 7 heteroatoms. The third-order valence-corrected chi connectivity index (χ3v) is 4.69. The van der Waals surface area contributed by atoms with Crippen LogP contribution in [0.15, 0.2) is 36.5 Å². The van der Waals surface area contributed by atoms with Crippen molar-refractivity contribution in [3.8, 4) is 5.69 Å². The Kier molecular flexibility index (Phi) is 3.93. The highest BCUT2D eigenvalue weighted by atomic mass is 16.2. The average molecular weight is 336 g/mol. The maximum Gasteiger partial charge on any atom is 0.276 e. The first kappa shape index (κ1) is 15.7. The number of hydrogen-bond acceptors (Lipinski definition) is 5. The zero-order valence-electron chi connectivity index (χ0n) is 14.1. The van der Waals surface area contributed by atoms with E-state index in [0.717, 1.165) is 41.7 Å². The fourth-order valence-corrected chi connectivity index (χ4v) is 3.37. The van der Waals surface area contributed by atoms with Gasteiger partial charge in [-0.2, -0.15) is 0 Å². The van der Waals surface area contributed by atoms with Gasteiger partial charge < -0.3 is 10.6 Å². The Morgan fingerprint density at radius 3 is 3.00 bits per heavy atom. The van der Waals surface area contributed by atoms with E-state index in [-0.39, 0.29) is 11.9 Å². The number of rotatable bonds is 2. The molecular formula is C18H20N6O. The maximum atomic E-state index is 12.8. The average Bonchev–Trinajstić information content (AvgIpc) is 3.02. The Balaban J connectivity index is 1.72. The molecule has 1 aliphatic heterocycles. The molecule has 1 aromatic carbocycles. The van der Waals surface area contributed by atoms with Crippen LogP contribution < -0.4 is 5.73 Å². The van der Waals surface area contributed by atoms with Crippen LogP contribution in [0.4, 0.5) is 0 Å². The van der Waals surface area contributed by atoms with Gasteiger partial charge in [-0.25, -0.2) is 4.68 Å². The predicted octanol–water partition coefficient (Wildman–Crippen LogP) is 1.69. The zero-order valence-corrected chi connectivity index (χ0v) is 14.1. The van der Waals surface area contributed by atoms with Gasteiger partial charge in [0.25, 0.3) is 5.91 Å². The van der Waals surface area contributed by atoms with Crippen molar-refractivity contribution in [2.24, 2.45) is 5.73 Å². The molecule has 4 rings (SSSR count). The van der Waals surface area contributed by atoms with Crippen molar-refractivity contribution >= 4 is 16.8 Å². The lowest BCUT2D eigenvalue weighted by Crippen LogP contribution is -2.46. The van der Waals surface area contributed by atoms with Crippen molar-refractivity contribution in [2.75, 3.05) is 13.1 Å². The lowest BCUT2D eigenvalue weighted by atomic mass is 10.1. The second kappa shape index (κ2) is 6.25. The van der Waals surface area contributed by atoms with Gasteiger partial charge in [0.05, 0.1) is 16.9 Å². The molecule has 3 aromatic rings. The number of hydrogen-bond donors (Lipinski definition) is 1. The first-order chi connectivity index (χ1) is 12.1. The second-order valence-electron chi connectivity index (χ2n) is 6.44. The fourth-order valence-electron chi connectivity index (χ4n) is 3.37. The Labute approximate surface area is 145 Å². The highest BCUT2D eigenvalue weighted by Gasteiger charge is 2.27. The van der Waals surface area contributed by atoms with Gasteiger partial charge in [0, 0.05) is 30.7 Å². The Morgan fingerprint density at radius 1 is 1.28 bits per heavy atom. The minimum absolute atomic E-state index is 0.0391. The SMILES string of the molecule is Cc1c(C(=O)N2CCCC(N)C2)nnn1-c1cccc2ncccc12. The van der Waals surface area contributed by atoms with Gasteiger partial charge >= 0.3 is 0 Å². The third-order valence-electron chi connectivity index (χ3n) is 4.69. The topological polar surface area (TPSA) is 89.9 Å². The van der Waals surface area contributed by atoms with Crippen LogP contribution in [-0.2, 0) is 0 Å². The number of pyridine rings is 1. The predicted molar refractivity (Wildman–Crippen MR) is 94.5 cm³/mol. The number of fused-ring (bicyclic) bond motifs is 1. The van der Waals surface area contributed by atoms with Gasteiger partial charge in [0.15, 0.2) is 5.69 Å². The molecule has 0 bridgehead atoms. The summed E-state index contributed by atoms with van der Waals surface area (Å²) in [5, 5.41) is 9.36. The highest BCUT2D eigenvalue weighted by molar-refractivity contribution is 5.94. The Hall–Kier alpha value is -2.80. The quantitative estimate of drug-likeness (QED) is 0.769. The number of aromatic nitrogens is 4. The van der Waals surface area contributed by atoms with Gasteiger partial charge in [-0.05, 0) is 44.0 Å². The minimum Gasteiger partial charge on any atom is -0.336 e. The summed E-state index contributed by atoms with van der Waals surface area (Å²) in [5.74, 6) is -0.0998. The smallest absolute Gasteiger partial charge is 0.276 e. The fraction of sp³-hybridized carbons (Fsp3) is 0.333. The van der Waals surface area contributed by atoms with Crippen molar-refractivity contribution in [3.63, 3.8) is 0 Å². The Bertz CT molecular complexity index is 929. The van der Waals surface area contributed by atoms with E-state index in [9.17, 15) is 4.79 Å². The van der Waals surface area contributed by atoms with E-state index in [4.69, 9.17) is 5.73 Å². The number of nitrogens with zero attached hydrogens (tertiary/aromatic N) is 5. The number of amides is 1. The number of carbonyl (C=O) groups excluding carboxylic acids is 1. The van der Waals surface area contributed by atoms with Crippen molar-refractivity contribution in [1.82, 2.24) is 24.9 Å². The monoisotopic (exact) mass is 336 g/mol. The van der Waals surface area contributed by atoms with Gasteiger partial charge in [0.2, 0.25) is 0 Å². The van der Waals surface area contributed by atoms with Gasteiger partial charge in [-0.15, -0.1) is 5.10 Å².